The van der Waals surface area contributed by atoms with Crippen LogP contribution in [0.5, 0.6) is 0 Å². The summed E-state index contributed by atoms with van der Waals surface area (Å²) < 4.78 is 9.12. The van der Waals surface area contributed by atoms with Crippen molar-refractivity contribution in [1.29, 1.82) is 0 Å². The van der Waals surface area contributed by atoms with Gasteiger partial charge in [0.05, 0.1) is 29.4 Å². The van der Waals surface area contributed by atoms with Crippen LogP contribution in [-0.4, -0.2) is 43.7 Å². The molecule has 0 saturated carbocycles. The van der Waals surface area contributed by atoms with Gasteiger partial charge in [0.25, 0.3) is 5.91 Å². The molecular weight excluding hydrogens is 356 g/mol. The Balaban J connectivity index is 1.63. The van der Waals surface area contributed by atoms with Gasteiger partial charge >= 0.3 is 0 Å². The molecule has 4 heterocycles. The number of nitrogens with one attached hydrogen (secondary N) is 1. The molecule has 1 atom stereocenters. The van der Waals surface area contributed by atoms with Gasteiger partial charge in [-0.1, -0.05) is 0 Å². The van der Waals surface area contributed by atoms with Crippen LogP contribution in [0, 0.1) is 6.92 Å². The number of anilines is 1. The van der Waals surface area contributed by atoms with E-state index in [4.69, 9.17) is 4.74 Å². The van der Waals surface area contributed by atoms with E-state index in [-0.39, 0.29) is 17.9 Å². The average Bonchev–Trinajstić information content (AvgIpc) is 3.25. The number of aromatic nitrogens is 5. The molecule has 3 aromatic heterocycles. The summed E-state index contributed by atoms with van der Waals surface area (Å²) in [6.07, 6.45) is 3.81. The van der Waals surface area contributed by atoms with Crippen LogP contribution in [0.25, 0.3) is 11.0 Å². The lowest BCUT2D eigenvalue weighted by molar-refractivity contribution is 0.0791. The van der Waals surface area contributed by atoms with Crippen molar-refractivity contribution in [1.82, 2.24) is 24.5 Å². The maximum atomic E-state index is 13.1. The molecule has 0 aromatic carbocycles. The minimum atomic E-state index is -0.187. The predicted octanol–water partition coefficient (Wildman–Crippen LogP) is 3.20. The fourth-order valence-electron chi connectivity index (χ4n) is 3.67. The Morgan fingerprint density at radius 2 is 2.18 bits per heavy atom. The van der Waals surface area contributed by atoms with E-state index in [1.54, 1.807) is 16.9 Å². The molecule has 1 fully saturated rings. The highest BCUT2D eigenvalue weighted by atomic mass is 16.5. The lowest BCUT2D eigenvalue weighted by Crippen LogP contribution is -2.16. The van der Waals surface area contributed by atoms with E-state index < -0.39 is 0 Å². The number of ether oxygens (including phenoxy) is 1. The van der Waals surface area contributed by atoms with Crippen LogP contribution in [0.15, 0.2) is 18.3 Å². The van der Waals surface area contributed by atoms with E-state index in [2.05, 4.69) is 20.5 Å². The number of nitrogens with zero attached hydrogens (tertiary/aromatic N) is 5. The van der Waals surface area contributed by atoms with Crippen LogP contribution in [0.1, 0.15) is 60.4 Å². The van der Waals surface area contributed by atoms with Crippen molar-refractivity contribution in [3.05, 3.63) is 35.3 Å². The first-order valence-electron chi connectivity index (χ1n) is 9.72. The van der Waals surface area contributed by atoms with Crippen molar-refractivity contribution in [2.75, 3.05) is 18.5 Å². The molecule has 8 nitrogen and oxygen atoms in total. The van der Waals surface area contributed by atoms with Gasteiger partial charge in [-0.3, -0.25) is 9.48 Å². The van der Waals surface area contributed by atoms with Crippen LogP contribution < -0.4 is 5.32 Å². The van der Waals surface area contributed by atoms with Crippen LogP contribution in [-0.2, 0) is 11.8 Å². The topological polar surface area (TPSA) is 86.9 Å². The number of aryl methyl sites for hydroxylation is 2. The summed E-state index contributed by atoms with van der Waals surface area (Å²) >= 11 is 0. The van der Waals surface area contributed by atoms with Crippen LogP contribution >= 0.6 is 0 Å². The molecule has 1 amide bonds. The number of rotatable bonds is 4. The van der Waals surface area contributed by atoms with Gasteiger partial charge in [0.1, 0.15) is 5.82 Å². The summed E-state index contributed by atoms with van der Waals surface area (Å²) in [5.41, 5.74) is 3.04. The van der Waals surface area contributed by atoms with Crippen LogP contribution in [0.2, 0.25) is 0 Å². The summed E-state index contributed by atoms with van der Waals surface area (Å²) in [5.74, 6) is 0.766. The van der Waals surface area contributed by atoms with Gasteiger partial charge < -0.3 is 10.1 Å². The Hall–Kier alpha value is -2.74. The normalized spacial score (nSPS) is 17.4. The third-order valence-electron chi connectivity index (χ3n) is 5.15. The highest BCUT2D eigenvalue weighted by Gasteiger charge is 2.22. The third-order valence-corrected chi connectivity index (χ3v) is 5.15. The molecule has 1 aliphatic heterocycles. The molecule has 1 saturated heterocycles. The van der Waals surface area contributed by atoms with E-state index in [1.807, 2.05) is 38.6 Å². The number of carbonyl (C=O) groups excluding carboxylic acids is 1. The zero-order chi connectivity index (χ0) is 19.8. The Labute approximate surface area is 163 Å². The molecule has 1 aliphatic rings. The molecule has 8 heteroatoms. The minimum absolute atomic E-state index is 0.167. The van der Waals surface area contributed by atoms with Gasteiger partial charge in [0.15, 0.2) is 5.65 Å². The van der Waals surface area contributed by atoms with Crippen LogP contribution in [0.4, 0.5) is 5.82 Å². The molecule has 4 rings (SSSR count). The Morgan fingerprint density at radius 3 is 2.89 bits per heavy atom. The van der Waals surface area contributed by atoms with Crippen molar-refractivity contribution < 1.29 is 9.53 Å². The number of hydrogen-bond donors (Lipinski definition) is 1. The average molecular weight is 382 g/mol. The molecular formula is C20H26N6O2. The quantitative estimate of drug-likeness (QED) is 0.749. The summed E-state index contributed by atoms with van der Waals surface area (Å²) in [7, 11) is 1.84. The first kappa shape index (κ1) is 18.6. The SMILES string of the molecule is Cc1cc(C(=O)Nc2cc([C@@H]3CCCOC3)nn2C)c2cnn(C(C)C)c2n1. The predicted molar refractivity (Wildman–Crippen MR) is 107 cm³/mol. The standard InChI is InChI=1S/C20H26N6O2/c1-12(2)26-19-16(10-21-26)15(8-13(3)22-19)20(27)23-18-9-17(24-25(18)4)14-6-5-7-28-11-14/h8-10,12,14H,5-7,11H2,1-4H3,(H,23,27)/t14-/m1/s1. The highest BCUT2D eigenvalue weighted by molar-refractivity contribution is 6.11. The van der Waals surface area contributed by atoms with E-state index >= 15 is 0 Å². The summed E-state index contributed by atoms with van der Waals surface area (Å²) in [6, 6.07) is 3.91. The van der Waals surface area contributed by atoms with Gasteiger partial charge in [-0.15, -0.1) is 0 Å². The molecule has 0 unspecified atom stereocenters. The van der Waals surface area contributed by atoms with Crippen molar-refractivity contribution in [2.45, 2.75) is 45.6 Å². The molecule has 148 valence electrons. The van der Waals surface area contributed by atoms with Crippen molar-refractivity contribution >= 4 is 22.8 Å². The lowest BCUT2D eigenvalue weighted by Gasteiger charge is -2.19. The Morgan fingerprint density at radius 1 is 1.36 bits per heavy atom. The zero-order valence-corrected chi connectivity index (χ0v) is 16.8. The van der Waals surface area contributed by atoms with Gasteiger partial charge in [-0.25, -0.2) is 9.67 Å². The van der Waals surface area contributed by atoms with E-state index in [0.29, 0.717) is 18.0 Å². The second-order valence-electron chi connectivity index (χ2n) is 7.68. The summed E-state index contributed by atoms with van der Waals surface area (Å²) in [4.78, 5) is 17.6. The molecule has 0 aliphatic carbocycles. The van der Waals surface area contributed by atoms with E-state index in [9.17, 15) is 4.79 Å². The first-order valence-corrected chi connectivity index (χ1v) is 9.72. The number of pyridine rings is 1. The molecule has 28 heavy (non-hydrogen) atoms. The minimum Gasteiger partial charge on any atom is -0.381 e. The summed E-state index contributed by atoms with van der Waals surface area (Å²) in [6.45, 7) is 7.47. The van der Waals surface area contributed by atoms with E-state index in [1.165, 1.54) is 0 Å². The Kier molecular flexibility index (Phi) is 4.89. The first-order chi connectivity index (χ1) is 13.4. The molecule has 0 radical (unpaired) electrons. The summed E-state index contributed by atoms with van der Waals surface area (Å²) in [5, 5.41) is 12.7. The third kappa shape index (κ3) is 3.40. The van der Waals surface area contributed by atoms with E-state index in [0.717, 1.165) is 41.9 Å². The maximum Gasteiger partial charge on any atom is 0.257 e. The molecule has 1 N–H and O–H groups in total. The van der Waals surface area contributed by atoms with Gasteiger partial charge in [0, 0.05) is 37.4 Å². The zero-order valence-electron chi connectivity index (χ0n) is 16.8. The fraction of sp³-hybridized carbons (Fsp3) is 0.500. The second kappa shape index (κ2) is 7.35. The number of carbonyl (C=O) groups is 1. The van der Waals surface area contributed by atoms with Gasteiger partial charge in [0.2, 0.25) is 0 Å². The molecule has 0 bridgehead atoms. The smallest absolute Gasteiger partial charge is 0.257 e. The van der Waals surface area contributed by atoms with Crippen molar-refractivity contribution in [3.63, 3.8) is 0 Å². The van der Waals surface area contributed by atoms with Crippen molar-refractivity contribution in [3.8, 4) is 0 Å². The molecule has 0 spiro atoms. The Bertz CT molecular complexity index is 1010. The van der Waals surface area contributed by atoms with Crippen molar-refractivity contribution in [2.24, 2.45) is 7.05 Å². The maximum absolute atomic E-state index is 13.1. The molecule has 3 aromatic rings. The number of fused-ring (bicyclic) bond motifs is 1. The number of amides is 1. The number of hydrogen-bond acceptors (Lipinski definition) is 5. The fourth-order valence-corrected chi connectivity index (χ4v) is 3.67. The van der Waals surface area contributed by atoms with Gasteiger partial charge in [-0.2, -0.15) is 10.2 Å². The van der Waals surface area contributed by atoms with Gasteiger partial charge in [-0.05, 0) is 39.7 Å². The monoisotopic (exact) mass is 382 g/mol. The van der Waals surface area contributed by atoms with Crippen LogP contribution in [0.3, 0.4) is 0 Å². The highest BCUT2D eigenvalue weighted by Crippen LogP contribution is 2.27. The lowest BCUT2D eigenvalue weighted by atomic mass is 9.99. The largest absolute Gasteiger partial charge is 0.381 e. The second-order valence-corrected chi connectivity index (χ2v) is 7.68.